The van der Waals surface area contributed by atoms with Crippen LogP contribution in [0.25, 0.3) is 0 Å². The summed E-state index contributed by atoms with van der Waals surface area (Å²) in [6, 6.07) is 0.00940. The number of carbonyl (C=O) groups excluding carboxylic acids is 2. The van der Waals surface area contributed by atoms with Gasteiger partial charge in [0.25, 0.3) is 0 Å². The molecule has 1 rings (SSSR count). The predicted octanol–water partition coefficient (Wildman–Crippen LogP) is -1.36. The maximum atomic E-state index is 10.8. The smallest absolute Gasteiger partial charge is 0.307 e. The van der Waals surface area contributed by atoms with Crippen molar-refractivity contribution in [2.45, 2.75) is 12.5 Å². The Balaban J connectivity index is 2.26. The molecule has 1 fully saturated rings. The van der Waals surface area contributed by atoms with Gasteiger partial charge in [0.15, 0.2) is 0 Å². The number of ether oxygens (including phenoxy) is 1. The lowest BCUT2D eigenvalue weighted by Crippen LogP contribution is -2.52. The van der Waals surface area contributed by atoms with Crippen LogP contribution in [0.1, 0.15) is 6.42 Å². The van der Waals surface area contributed by atoms with Gasteiger partial charge in [-0.25, -0.2) is 0 Å². The molecule has 0 spiro atoms. The average Bonchev–Trinajstić information content (AvgIpc) is 2.09. The Morgan fingerprint density at radius 1 is 1.75 bits per heavy atom. The van der Waals surface area contributed by atoms with Crippen molar-refractivity contribution in [1.29, 1.82) is 0 Å². The van der Waals surface area contributed by atoms with Crippen molar-refractivity contribution in [2.24, 2.45) is 0 Å². The summed E-state index contributed by atoms with van der Waals surface area (Å²) in [5, 5.41) is 5.57. The van der Waals surface area contributed by atoms with Crippen LogP contribution in [0.15, 0.2) is 0 Å². The van der Waals surface area contributed by atoms with E-state index in [1.807, 2.05) is 0 Å². The SMILES string of the molecule is COC(=O)C[C@@H]1CNC(=O)CN1. The molecule has 68 valence electrons. The fourth-order valence-electron chi connectivity index (χ4n) is 1.04. The van der Waals surface area contributed by atoms with Gasteiger partial charge >= 0.3 is 5.97 Å². The fourth-order valence-corrected chi connectivity index (χ4v) is 1.04. The van der Waals surface area contributed by atoms with Crippen LogP contribution >= 0.6 is 0 Å². The largest absolute Gasteiger partial charge is 0.469 e. The monoisotopic (exact) mass is 172 g/mol. The Morgan fingerprint density at radius 2 is 2.50 bits per heavy atom. The van der Waals surface area contributed by atoms with Gasteiger partial charge in [0.1, 0.15) is 0 Å². The molecule has 12 heavy (non-hydrogen) atoms. The zero-order valence-corrected chi connectivity index (χ0v) is 6.92. The summed E-state index contributed by atoms with van der Waals surface area (Å²) in [5.41, 5.74) is 0. The first-order valence-electron chi connectivity index (χ1n) is 3.79. The molecule has 1 aliphatic heterocycles. The number of hydrogen-bond acceptors (Lipinski definition) is 4. The van der Waals surface area contributed by atoms with E-state index in [0.29, 0.717) is 13.0 Å². The number of esters is 1. The lowest BCUT2D eigenvalue weighted by molar-refractivity contribution is -0.141. The zero-order valence-electron chi connectivity index (χ0n) is 6.92. The summed E-state index contributed by atoms with van der Waals surface area (Å²) >= 11 is 0. The number of amides is 1. The standard InChI is InChI=1S/C7H12N2O3/c1-12-7(11)2-5-3-9-6(10)4-8-5/h5,8H,2-4H2,1H3,(H,9,10)/t5-/m1/s1. The van der Waals surface area contributed by atoms with Crippen LogP contribution in [0.5, 0.6) is 0 Å². The lowest BCUT2D eigenvalue weighted by atomic mass is 10.2. The molecule has 1 amide bonds. The van der Waals surface area contributed by atoms with Crippen molar-refractivity contribution in [2.75, 3.05) is 20.2 Å². The molecule has 5 nitrogen and oxygen atoms in total. The minimum atomic E-state index is -0.261. The molecule has 1 aliphatic rings. The van der Waals surface area contributed by atoms with Gasteiger partial charge in [0.05, 0.1) is 20.1 Å². The van der Waals surface area contributed by atoms with E-state index in [2.05, 4.69) is 15.4 Å². The Hall–Kier alpha value is -1.10. The van der Waals surface area contributed by atoms with Crippen LogP contribution in [0.4, 0.5) is 0 Å². The zero-order chi connectivity index (χ0) is 8.97. The second-order valence-electron chi connectivity index (χ2n) is 2.66. The van der Waals surface area contributed by atoms with Crippen LogP contribution in [0, 0.1) is 0 Å². The van der Waals surface area contributed by atoms with Gasteiger partial charge in [-0.2, -0.15) is 0 Å². The molecule has 0 aromatic rings. The van der Waals surface area contributed by atoms with E-state index >= 15 is 0 Å². The number of hydrogen-bond donors (Lipinski definition) is 2. The minimum Gasteiger partial charge on any atom is -0.469 e. The average molecular weight is 172 g/mol. The van der Waals surface area contributed by atoms with Gasteiger partial charge in [0, 0.05) is 12.6 Å². The summed E-state index contributed by atoms with van der Waals surface area (Å²) in [4.78, 5) is 21.5. The molecule has 0 aliphatic carbocycles. The lowest BCUT2D eigenvalue weighted by Gasteiger charge is -2.22. The van der Waals surface area contributed by atoms with E-state index in [-0.39, 0.29) is 24.5 Å². The number of nitrogens with one attached hydrogen (secondary N) is 2. The van der Waals surface area contributed by atoms with Crippen LogP contribution < -0.4 is 10.6 Å². The highest BCUT2D eigenvalue weighted by molar-refractivity contribution is 5.79. The molecule has 1 heterocycles. The molecule has 1 atom stereocenters. The van der Waals surface area contributed by atoms with E-state index in [9.17, 15) is 9.59 Å². The van der Waals surface area contributed by atoms with Gasteiger partial charge in [-0.05, 0) is 0 Å². The summed E-state index contributed by atoms with van der Waals surface area (Å²) in [6.45, 7) is 0.773. The van der Waals surface area contributed by atoms with Gasteiger partial charge in [-0.3, -0.25) is 9.59 Å². The number of methoxy groups -OCH3 is 1. The van der Waals surface area contributed by atoms with E-state index in [4.69, 9.17) is 0 Å². The predicted molar refractivity (Wildman–Crippen MR) is 41.4 cm³/mol. The van der Waals surface area contributed by atoms with Crippen molar-refractivity contribution in [3.8, 4) is 0 Å². The van der Waals surface area contributed by atoms with E-state index in [1.54, 1.807) is 0 Å². The molecule has 0 aromatic carbocycles. The summed E-state index contributed by atoms with van der Waals surface area (Å²) < 4.78 is 4.49. The molecule has 5 heteroatoms. The Bertz CT molecular complexity index is 183. The number of piperazine rings is 1. The van der Waals surface area contributed by atoms with Gasteiger partial charge < -0.3 is 15.4 Å². The van der Waals surface area contributed by atoms with Gasteiger partial charge in [-0.1, -0.05) is 0 Å². The second kappa shape index (κ2) is 4.06. The first kappa shape index (κ1) is 8.99. The molecule has 2 N–H and O–H groups in total. The van der Waals surface area contributed by atoms with Crippen LogP contribution in [0.2, 0.25) is 0 Å². The molecule has 0 saturated carbocycles. The Labute approximate surface area is 70.5 Å². The Morgan fingerprint density at radius 3 is 3.00 bits per heavy atom. The van der Waals surface area contributed by atoms with E-state index in [0.717, 1.165) is 0 Å². The summed E-state index contributed by atoms with van der Waals surface area (Å²) in [6.07, 6.45) is 0.302. The number of rotatable bonds is 2. The highest BCUT2D eigenvalue weighted by Crippen LogP contribution is 1.95. The second-order valence-corrected chi connectivity index (χ2v) is 2.66. The van der Waals surface area contributed by atoms with Crippen molar-refractivity contribution in [3.63, 3.8) is 0 Å². The third-order valence-electron chi connectivity index (χ3n) is 1.74. The van der Waals surface area contributed by atoms with Crippen molar-refractivity contribution in [1.82, 2.24) is 10.6 Å². The normalized spacial score (nSPS) is 23.1. The quantitative estimate of drug-likeness (QED) is 0.505. The van der Waals surface area contributed by atoms with Crippen molar-refractivity contribution >= 4 is 11.9 Å². The fraction of sp³-hybridized carbons (Fsp3) is 0.714. The topological polar surface area (TPSA) is 67.4 Å². The van der Waals surface area contributed by atoms with Crippen LogP contribution in [0.3, 0.4) is 0 Å². The molecule has 0 bridgehead atoms. The van der Waals surface area contributed by atoms with E-state index < -0.39 is 0 Å². The molecule has 1 saturated heterocycles. The van der Waals surface area contributed by atoms with Crippen LogP contribution in [-0.2, 0) is 14.3 Å². The third kappa shape index (κ3) is 2.50. The first-order valence-corrected chi connectivity index (χ1v) is 3.79. The third-order valence-corrected chi connectivity index (χ3v) is 1.74. The van der Waals surface area contributed by atoms with Crippen LogP contribution in [-0.4, -0.2) is 38.1 Å². The minimum absolute atomic E-state index is 0.00940. The molecular weight excluding hydrogens is 160 g/mol. The first-order chi connectivity index (χ1) is 5.72. The van der Waals surface area contributed by atoms with Gasteiger partial charge in [-0.15, -0.1) is 0 Å². The molecule has 0 radical (unpaired) electrons. The summed E-state index contributed by atoms with van der Waals surface area (Å²) in [5.74, 6) is -0.292. The highest BCUT2D eigenvalue weighted by atomic mass is 16.5. The Kier molecular flexibility index (Phi) is 3.04. The maximum Gasteiger partial charge on any atom is 0.307 e. The van der Waals surface area contributed by atoms with E-state index in [1.165, 1.54) is 7.11 Å². The molecular formula is C7H12N2O3. The maximum absolute atomic E-state index is 10.8. The van der Waals surface area contributed by atoms with Crippen molar-refractivity contribution in [3.05, 3.63) is 0 Å². The van der Waals surface area contributed by atoms with Gasteiger partial charge in [0.2, 0.25) is 5.91 Å². The molecule has 0 aromatic heterocycles. The van der Waals surface area contributed by atoms with Crippen molar-refractivity contribution < 1.29 is 14.3 Å². The number of carbonyl (C=O) groups is 2. The summed E-state index contributed by atoms with van der Waals surface area (Å²) in [7, 11) is 1.35. The molecule has 0 unspecified atom stereocenters. The highest BCUT2D eigenvalue weighted by Gasteiger charge is 2.19.